The van der Waals surface area contributed by atoms with Gasteiger partial charge in [0.05, 0.1) is 29.1 Å². The lowest BCUT2D eigenvalue weighted by atomic mass is 9.86. The van der Waals surface area contributed by atoms with Gasteiger partial charge in [0.1, 0.15) is 29.0 Å². The number of hydrogen-bond donors (Lipinski definition) is 3. The van der Waals surface area contributed by atoms with Crippen LogP contribution in [0.15, 0.2) is 24.3 Å². The van der Waals surface area contributed by atoms with Gasteiger partial charge in [-0.1, -0.05) is 31.4 Å². The topological polar surface area (TPSA) is 173 Å². The molecule has 1 saturated heterocycles. The molecule has 302 valence electrons. The lowest BCUT2D eigenvalue weighted by molar-refractivity contribution is -0.141. The predicted octanol–water partition coefficient (Wildman–Crippen LogP) is 4.77. The van der Waals surface area contributed by atoms with E-state index in [1.165, 1.54) is 4.90 Å². The van der Waals surface area contributed by atoms with Crippen molar-refractivity contribution in [1.29, 1.82) is 0 Å². The molecule has 0 bridgehead atoms. The summed E-state index contributed by atoms with van der Waals surface area (Å²) >= 11 is 0. The highest BCUT2D eigenvalue weighted by atomic mass is 32.2. The Morgan fingerprint density at radius 1 is 1.05 bits per heavy atom. The van der Waals surface area contributed by atoms with E-state index in [2.05, 4.69) is 20.3 Å². The third kappa shape index (κ3) is 7.10. The number of ether oxygens (including phenoxy) is 2. The lowest BCUT2D eigenvalue weighted by Gasteiger charge is -2.36. The van der Waals surface area contributed by atoms with Crippen molar-refractivity contribution in [2.24, 2.45) is 11.8 Å². The molecule has 1 aromatic heterocycles. The molecule has 6 aliphatic rings. The van der Waals surface area contributed by atoms with E-state index >= 15 is 0 Å². The number of aromatic nitrogens is 1. The molecular formula is C40H49F2N5O8S. The fourth-order valence-corrected chi connectivity index (χ4v) is 10.0. The van der Waals surface area contributed by atoms with Crippen LogP contribution >= 0.6 is 0 Å². The first-order valence-electron chi connectivity index (χ1n) is 19.9. The monoisotopic (exact) mass is 797 g/mol. The van der Waals surface area contributed by atoms with Crippen LogP contribution < -0.4 is 20.1 Å². The molecule has 4 fully saturated rings. The number of hydrogen-bond acceptors (Lipinski definition) is 9. The Bertz CT molecular complexity index is 2120. The fourth-order valence-electron chi connectivity index (χ4n) is 8.72. The zero-order valence-corrected chi connectivity index (χ0v) is 32.6. The smallest absolute Gasteiger partial charge is 0.407 e. The molecular weight excluding hydrogens is 749 g/mol. The zero-order valence-electron chi connectivity index (χ0n) is 31.8. The molecule has 4 amide bonds. The summed E-state index contributed by atoms with van der Waals surface area (Å²) in [5.74, 6) is -3.84. The number of alkyl carbamates (subject to hydrolysis) is 1. The first kappa shape index (κ1) is 38.5. The minimum absolute atomic E-state index is 0.00664. The summed E-state index contributed by atoms with van der Waals surface area (Å²) in [6.07, 6.45) is 10.9. The molecule has 56 heavy (non-hydrogen) atoms. The zero-order chi connectivity index (χ0) is 39.6. The van der Waals surface area contributed by atoms with Gasteiger partial charge >= 0.3 is 6.09 Å². The second-order valence-electron chi connectivity index (χ2n) is 17.1. The molecule has 0 unspecified atom stereocenters. The summed E-state index contributed by atoms with van der Waals surface area (Å²) < 4.78 is 68.4. The van der Waals surface area contributed by atoms with E-state index in [0.29, 0.717) is 73.3 Å². The summed E-state index contributed by atoms with van der Waals surface area (Å²) in [4.78, 5) is 62.2. The van der Waals surface area contributed by atoms with E-state index in [9.17, 15) is 36.4 Å². The molecule has 3 aliphatic carbocycles. The molecule has 3 aliphatic heterocycles. The maximum atomic E-state index is 14.7. The van der Waals surface area contributed by atoms with Gasteiger partial charge in [0.15, 0.2) is 11.6 Å². The van der Waals surface area contributed by atoms with Crippen molar-refractivity contribution in [3.8, 4) is 5.75 Å². The number of carbonyl (C=O) groups is 4. The summed E-state index contributed by atoms with van der Waals surface area (Å²) in [5.41, 5.74) is -1.33. The molecule has 3 saturated carbocycles. The molecule has 1 aromatic carbocycles. The third-order valence-corrected chi connectivity index (χ3v) is 15.1. The van der Waals surface area contributed by atoms with Gasteiger partial charge in [-0.2, -0.15) is 0 Å². The van der Waals surface area contributed by atoms with Gasteiger partial charge in [-0.25, -0.2) is 27.0 Å². The average molecular weight is 798 g/mol. The molecule has 8 rings (SSSR count). The van der Waals surface area contributed by atoms with E-state index in [1.54, 1.807) is 13.8 Å². The number of aryl methyl sites for hydroxylation is 2. The summed E-state index contributed by atoms with van der Waals surface area (Å²) in [6, 6.07) is -0.0456. The number of amides is 4. The Morgan fingerprint density at radius 2 is 1.82 bits per heavy atom. The largest absolute Gasteiger partial charge is 0.483 e. The minimum Gasteiger partial charge on any atom is -0.483 e. The highest BCUT2D eigenvalue weighted by Crippen LogP contribution is 2.49. The maximum Gasteiger partial charge on any atom is 0.407 e. The SMILES string of the molecule is Cc1nc2cc(F)c(F)cc2c2c1O[C@]1(CC2)C[C@H]2C(=O)N[C@]3(C(=O)NS(=O)(=O)C4(C)CC4)C[C@H]3/C=C\CCCCC[C@H](NC(=O)OCC3CCC3)C(=O)N2C1. The number of carbonyl (C=O) groups excluding carboxylic acids is 4. The van der Waals surface area contributed by atoms with Crippen molar-refractivity contribution in [2.75, 3.05) is 13.2 Å². The Morgan fingerprint density at radius 3 is 2.55 bits per heavy atom. The van der Waals surface area contributed by atoms with Crippen molar-refractivity contribution in [1.82, 2.24) is 25.2 Å². The normalized spacial score (nSPS) is 30.6. The Kier molecular flexibility index (Phi) is 9.80. The molecule has 3 N–H and O–H groups in total. The second kappa shape index (κ2) is 14.2. The van der Waals surface area contributed by atoms with Crippen LogP contribution in [-0.4, -0.2) is 83.2 Å². The van der Waals surface area contributed by atoms with Gasteiger partial charge in [0.2, 0.25) is 21.8 Å². The Balaban J connectivity index is 1.12. The Hall–Kier alpha value is -4.34. The number of rotatable bonds is 6. The predicted molar refractivity (Wildman–Crippen MR) is 200 cm³/mol. The first-order valence-corrected chi connectivity index (χ1v) is 21.4. The number of sulfonamides is 1. The maximum absolute atomic E-state index is 14.7. The quantitative estimate of drug-likeness (QED) is 0.348. The van der Waals surface area contributed by atoms with Crippen LogP contribution in [0.25, 0.3) is 10.9 Å². The summed E-state index contributed by atoms with van der Waals surface area (Å²) in [7, 11) is -4.02. The summed E-state index contributed by atoms with van der Waals surface area (Å²) in [5, 5.41) is 6.08. The molecule has 0 radical (unpaired) electrons. The molecule has 13 nitrogen and oxygen atoms in total. The lowest BCUT2D eigenvalue weighted by Crippen LogP contribution is -2.58. The Labute approximate surface area is 324 Å². The number of halogens is 2. The number of benzene rings is 1. The fraction of sp³-hybridized carbons (Fsp3) is 0.625. The van der Waals surface area contributed by atoms with Gasteiger partial charge in [-0.3, -0.25) is 19.1 Å². The molecule has 16 heteroatoms. The van der Waals surface area contributed by atoms with Gasteiger partial charge in [0, 0.05) is 29.4 Å². The second-order valence-corrected chi connectivity index (χ2v) is 19.3. The van der Waals surface area contributed by atoms with Crippen LogP contribution in [0.3, 0.4) is 0 Å². The minimum atomic E-state index is -4.02. The van der Waals surface area contributed by atoms with Crippen LogP contribution in [-0.2, 0) is 35.6 Å². The highest BCUT2D eigenvalue weighted by molar-refractivity contribution is 7.91. The van der Waals surface area contributed by atoms with Crippen LogP contribution in [0.4, 0.5) is 13.6 Å². The van der Waals surface area contributed by atoms with Gasteiger partial charge in [-0.15, -0.1) is 0 Å². The van der Waals surface area contributed by atoms with Crippen molar-refractivity contribution in [3.05, 3.63) is 47.2 Å². The number of nitrogens with one attached hydrogen (secondary N) is 3. The van der Waals surface area contributed by atoms with E-state index < -0.39 is 79.4 Å². The number of allylic oxidation sites excluding steroid dienone is 1. The highest BCUT2D eigenvalue weighted by Gasteiger charge is 2.64. The third-order valence-electron chi connectivity index (χ3n) is 13.0. The number of fused-ring (bicyclic) bond motifs is 5. The van der Waals surface area contributed by atoms with Crippen molar-refractivity contribution >= 4 is 44.7 Å². The molecule has 5 atom stereocenters. The number of pyridine rings is 1. The van der Waals surface area contributed by atoms with Crippen molar-refractivity contribution in [2.45, 2.75) is 132 Å². The number of nitrogens with zero attached hydrogens (tertiary/aromatic N) is 2. The molecule has 2 aromatic rings. The van der Waals surface area contributed by atoms with E-state index in [1.807, 2.05) is 12.2 Å². The van der Waals surface area contributed by atoms with Crippen LogP contribution in [0.5, 0.6) is 5.75 Å². The molecule has 1 spiro atoms. The molecule has 4 heterocycles. The average Bonchev–Trinajstić information content (AvgIpc) is 4.02. The summed E-state index contributed by atoms with van der Waals surface area (Å²) in [6.45, 7) is 3.47. The van der Waals surface area contributed by atoms with Crippen molar-refractivity contribution < 1.29 is 45.9 Å². The van der Waals surface area contributed by atoms with Crippen LogP contribution in [0.1, 0.15) is 102 Å². The van der Waals surface area contributed by atoms with E-state index in [-0.39, 0.29) is 31.5 Å². The van der Waals surface area contributed by atoms with Crippen LogP contribution in [0, 0.1) is 30.4 Å². The van der Waals surface area contributed by atoms with E-state index in [0.717, 1.165) is 44.2 Å². The van der Waals surface area contributed by atoms with Gasteiger partial charge in [0.25, 0.3) is 5.91 Å². The van der Waals surface area contributed by atoms with Crippen LogP contribution in [0.2, 0.25) is 0 Å². The van der Waals surface area contributed by atoms with E-state index in [4.69, 9.17) is 9.47 Å². The standard InChI is InChI=1S/C40H49F2N5O8S/c1-23-33-26(27-17-28(41)29(42)18-31(27)43-23)13-14-39(55-33)20-32-34(48)45-40(36(50)46-56(52,53)38(2)15-16-38)19-25(40)11-6-4-3-5-7-12-30(35(49)47(32)22-39)44-37(51)54-21-24-9-8-10-24/h6,11,17-18,24-25,30,32H,3-5,7-10,12-16,19-22H2,1-2H3,(H,44,51)(H,45,48)(H,46,50)/b11-6-/t25-,30+,32+,39-,40-/m1/s1. The van der Waals surface area contributed by atoms with Gasteiger partial charge in [-0.05, 0) is 90.0 Å². The van der Waals surface area contributed by atoms with Crippen molar-refractivity contribution in [3.63, 3.8) is 0 Å². The first-order chi connectivity index (χ1) is 26.6. The van der Waals surface area contributed by atoms with Gasteiger partial charge < -0.3 is 25.0 Å².